The average Bonchev–Trinajstić information content (AvgIpc) is 2.69. The molecule has 0 spiro atoms. The minimum atomic E-state index is -3.67. The van der Waals surface area contributed by atoms with E-state index < -0.39 is 10.0 Å². The molecule has 0 saturated heterocycles. The third-order valence-corrected chi connectivity index (χ3v) is 6.77. The van der Waals surface area contributed by atoms with Crippen molar-refractivity contribution in [2.45, 2.75) is 26.0 Å². The number of hydrogen-bond donors (Lipinski definition) is 1. The van der Waals surface area contributed by atoms with Crippen LogP contribution in [0.1, 0.15) is 34.8 Å². The van der Waals surface area contributed by atoms with E-state index in [-0.39, 0.29) is 18.2 Å². The van der Waals surface area contributed by atoms with E-state index in [2.05, 4.69) is 24.4 Å². The fourth-order valence-electron chi connectivity index (χ4n) is 2.82. The van der Waals surface area contributed by atoms with E-state index in [0.717, 1.165) is 28.5 Å². The number of carbonyl (C=O) groups is 2. The molecule has 8 heteroatoms. The molecule has 0 radical (unpaired) electrons. The minimum absolute atomic E-state index is 0.169. The number of ketones is 1. The zero-order chi connectivity index (χ0) is 22.1. The summed E-state index contributed by atoms with van der Waals surface area (Å²) >= 11 is 1.80. The lowest BCUT2D eigenvalue weighted by atomic mass is 10.1. The van der Waals surface area contributed by atoms with Gasteiger partial charge in [-0.15, -0.1) is 0 Å². The van der Waals surface area contributed by atoms with Crippen LogP contribution in [-0.2, 0) is 20.6 Å². The third-order valence-electron chi connectivity index (χ3n) is 4.53. The Bertz CT molecular complexity index is 990. The first kappa shape index (κ1) is 24.0. The Morgan fingerprint density at radius 3 is 2.50 bits per heavy atom. The highest BCUT2D eigenvalue weighted by Gasteiger charge is 2.21. The monoisotopic (exact) mass is 448 g/mol. The predicted octanol–water partition coefficient (Wildman–Crippen LogP) is 3.40. The molecule has 2 rings (SSSR count). The van der Waals surface area contributed by atoms with E-state index in [1.807, 2.05) is 12.1 Å². The van der Waals surface area contributed by atoms with E-state index in [0.29, 0.717) is 17.8 Å². The van der Waals surface area contributed by atoms with E-state index in [4.69, 9.17) is 0 Å². The molecule has 162 valence electrons. The predicted molar refractivity (Wildman–Crippen MR) is 124 cm³/mol. The van der Waals surface area contributed by atoms with Crippen molar-refractivity contribution in [3.8, 4) is 0 Å². The van der Waals surface area contributed by atoms with Gasteiger partial charge in [0, 0.05) is 17.9 Å². The standard InChI is InChI=1S/C22H28N2O4S2/c1-17-8-4-5-9-20(17)16-29-13-7-12-23-22(26)15-24(30(3,27)28)21-11-6-10-19(14-21)18(2)25/h4-6,8-11,14H,7,12-13,15-16H2,1-3H3,(H,23,26). The summed E-state index contributed by atoms with van der Waals surface area (Å²) in [7, 11) is -3.67. The normalized spacial score (nSPS) is 11.2. The van der Waals surface area contributed by atoms with E-state index >= 15 is 0 Å². The number of amides is 1. The number of thioether (sulfide) groups is 1. The molecular weight excluding hydrogens is 420 g/mol. The molecule has 2 aromatic carbocycles. The zero-order valence-corrected chi connectivity index (χ0v) is 19.2. The molecule has 0 heterocycles. The number of sulfonamides is 1. The Kier molecular flexibility index (Phi) is 8.92. The van der Waals surface area contributed by atoms with Crippen molar-refractivity contribution in [1.82, 2.24) is 5.32 Å². The molecule has 0 aliphatic rings. The molecule has 1 amide bonds. The summed E-state index contributed by atoms with van der Waals surface area (Å²) in [5.74, 6) is 1.27. The summed E-state index contributed by atoms with van der Waals surface area (Å²) in [5, 5.41) is 2.78. The Balaban J connectivity index is 1.83. The SMILES string of the molecule is CC(=O)c1cccc(N(CC(=O)NCCCSCc2ccccc2C)S(C)(=O)=O)c1. The number of rotatable bonds is 11. The molecule has 0 fully saturated rings. The van der Waals surface area contributed by atoms with Gasteiger partial charge in [-0.05, 0) is 49.3 Å². The number of anilines is 1. The second-order valence-corrected chi connectivity index (χ2v) is 10.1. The highest BCUT2D eigenvalue weighted by atomic mass is 32.2. The summed E-state index contributed by atoms with van der Waals surface area (Å²) in [6.07, 6.45) is 1.84. The average molecular weight is 449 g/mol. The molecule has 0 aliphatic carbocycles. The van der Waals surface area contributed by atoms with Crippen LogP contribution in [0.3, 0.4) is 0 Å². The summed E-state index contributed by atoms with van der Waals surface area (Å²) in [6, 6.07) is 14.5. The van der Waals surface area contributed by atoms with Crippen molar-refractivity contribution in [2.75, 3.05) is 29.4 Å². The maximum atomic E-state index is 12.3. The van der Waals surface area contributed by atoms with Gasteiger partial charge in [-0.3, -0.25) is 13.9 Å². The number of nitrogens with one attached hydrogen (secondary N) is 1. The van der Waals surface area contributed by atoms with Crippen LogP contribution in [0.5, 0.6) is 0 Å². The topological polar surface area (TPSA) is 83.6 Å². The fraction of sp³-hybridized carbons (Fsp3) is 0.364. The van der Waals surface area contributed by atoms with Crippen molar-refractivity contribution in [3.05, 3.63) is 65.2 Å². The lowest BCUT2D eigenvalue weighted by Gasteiger charge is -2.22. The number of carbonyl (C=O) groups excluding carboxylic acids is 2. The molecule has 0 aliphatic heterocycles. The number of nitrogens with zero attached hydrogens (tertiary/aromatic N) is 1. The number of aryl methyl sites for hydroxylation is 1. The van der Waals surface area contributed by atoms with Crippen molar-refractivity contribution < 1.29 is 18.0 Å². The van der Waals surface area contributed by atoms with Crippen molar-refractivity contribution in [2.24, 2.45) is 0 Å². The van der Waals surface area contributed by atoms with Gasteiger partial charge in [0.05, 0.1) is 11.9 Å². The molecule has 2 aromatic rings. The smallest absolute Gasteiger partial charge is 0.240 e. The summed E-state index contributed by atoms with van der Waals surface area (Å²) < 4.78 is 25.4. The van der Waals surface area contributed by atoms with Gasteiger partial charge < -0.3 is 5.32 Å². The molecule has 0 bridgehead atoms. The molecule has 0 atom stereocenters. The van der Waals surface area contributed by atoms with Gasteiger partial charge in [-0.25, -0.2) is 8.42 Å². The molecule has 1 N–H and O–H groups in total. The van der Waals surface area contributed by atoms with Gasteiger partial charge in [0.2, 0.25) is 15.9 Å². The third kappa shape index (κ3) is 7.50. The van der Waals surface area contributed by atoms with E-state index in [9.17, 15) is 18.0 Å². The van der Waals surface area contributed by atoms with Gasteiger partial charge in [-0.1, -0.05) is 36.4 Å². The van der Waals surface area contributed by atoms with Crippen molar-refractivity contribution in [1.29, 1.82) is 0 Å². The second kappa shape index (κ2) is 11.2. The summed E-state index contributed by atoms with van der Waals surface area (Å²) in [5.41, 5.74) is 3.28. The van der Waals surface area contributed by atoms with Crippen LogP contribution in [0.25, 0.3) is 0 Å². The Morgan fingerprint density at radius 1 is 1.10 bits per heavy atom. The van der Waals surface area contributed by atoms with Crippen molar-refractivity contribution >= 4 is 39.2 Å². The van der Waals surface area contributed by atoms with Crippen LogP contribution in [0.2, 0.25) is 0 Å². The van der Waals surface area contributed by atoms with Gasteiger partial charge >= 0.3 is 0 Å². The Hall–Kier alpha value is -2.32. The van der Waals surface area contributed by atoms with E-state index in [1.54, 1.807) is 30.0 Å². The van der Waals surface area contributed by atoms with Crippen LogP contribution < -0.4 is 9.62 Å². The molecular formula is C22H28N2O4S2. The molecule has 0 aromatic heterocycles. The van der Waals surface area contributed by atoms with Gasteiger partial charge in [0.1, 0.15) is 6.54 Å². The molecule has 0 unspecified atom stereocenters. The van der Waals surface area contributed by atoms with Crippen LogP contribution in [-0.4, -0.2) is 45.2 Å². The second-order valence-electron chi connectivity index (χ2n) is 7.06. The maximum absolute atomic E-state index is 12.3. The lowest BCUT2D eigenvalue weighted by molar-refractivity contribution is -0.119. The minimum Gasteiger partial charge on any atom is -0.354 e. The molecule has 30 heavy (non-hydrogen) atoms. The lowest BCUT2D eigenvalue weighted by Crippen LogP contribution is -2.40. The molecule has 0 saturated carbocycles. The van der Waals surface area contributed by atoms with Crippen LogP contribution in [0.15, 0.2) is 48.5 Å². The first-order valence-electron chi connectivity index (χ1n) is 9.66. The van der Waals surface area contributed by atoms with Crippen LogP contribution in [0.4, 0.5) is 5.69 Å². The van der Waals surface area contributed by atoms with Crippen LogP contribution in [0, 0.1) is 6.92 Å². The van der Waals surface area contributed by atoms with E-state index in [1.165, 1.54) is 24.1 Å². The highest BCUT2D eigenvalue weighted by Crippen LogP contribution is 2.19. The number of benzene rings is 2. The highest BCUT2D eigenvalue weighted by molar-refractivity contribution is 7.98. The fourth-order valence-corrected chi connectivity index (χ4v) is 4.71. The van der Waals surface area contributed by atoms with Crippen LogP contribution >= 0.6 is 11.8 Å². The number of hydrogen-bond acceptors (Lipinski definition) is 5. The van der Waals surface area contributed by atoms with Crippen molar-refractivity contribution in [3.63, 3.8) is 0 Å². The molecule has 6 nitrogen and oxygen atoms in total. The maximum Gasteiger partial charge on any atom is 0.240 e. The van der Waals surface area contributed by atoms with Gasteiger partial charge in [0.25, 0.3) is 0 Å². The zero-order valence-electron chi connectivity index (χ0n) is 17.6. The number of Topliss-reactive ketones (excluding diaryl/α,β-unsaturated/α-hetero) is 1. The Labute approximate surface area is 183 Å². The Morgan fingerprint density at radius 2 is 1.83 bits per heavy atom. The first-order chi connectivity index (χ1) is 14.2. The largest absolute Gasteiger partial charge is 0.354 e. The first-order valence-corrected chi connectivity index (χ1v) is 12.7. The van der Waals surface area contributed by atoms with Gasteiger partial charge in [-0.2, -0.15) is 11.8 Å². The quantitative estimate of drug-likeness (QED) is 0.421. The summed E-state index contributed by atoms with van der Waals surface area (Å²) in [4.78, 5) is 23.9. The summed E-state index contributed by atoms with van der Waals surface area (Å²) in [6.45, 7) is 3.66. The van der Waals surface area contributed by atoms with Gasteiger partial charge in [0.15, 0.2) is 5.78 Å².